The second-order valence-corrected chi connectivity index (χ2v) is 5.31. The van der Waals surface area contributed by atoms with Crippen LogP contribution >= 0.6 is 0 Å². The summed E-state index contributed by atoms with van der Waals surface area (Å²) in [5.41, 5.74) is 1.89. The number of pyridine rings is 1. The van der Waals surface area contributed by atoms with Crippen molar-refractivity contribution in [3.63, 3.8) is 0 Å². The highest BCUT2D eigenvalue weighted by molar-refractivity contribution is 5.82. The zero-order valence-electron chi connectivity index (χ0n) is 13.4. The third-order valence-electron chi connectivity index (χ3n) is 3.76. The molecule has 0 spiro atoms. The molecule has 0 radical (unpaired) electrons. The number of benzene rings is 1. The standard InChI is InChI=1S/C17H17N3O4/c1-11(20-13-5-3-4-6-14(13)24-17(20)22)16(21)19-10-12-7-8-15(23-2)18-9-12/h3-9,11H,10H2,1-2H3,(H,19,21)/t11-/m1/s1. The second-order valence-electron chi connectivity index (χ2n) is 5.31. The topological polar surface area (TPSA) is 86.4 Å². The number of rotatable bonds is 5. The Kier molecular flexibility index (Phi) is 4.33. The number of oxazole rings is 1. The summed E-state index contributed by atoms with van der Waals surface area (Å²) >= 11 is 0. The molecule has 7 heteroatoms. The molecule has 124 valence electrons. The van der Waals surface area contributed by atoms with Gasteiger partial charge in [-0.3, -0.25) is 9.36 Å². The Morgan fingerprint density at radius 3 is 2.83 bits per heavy atom. The van der Waals surface area contributed by atoms with E-state index in [9.17, 15) is 9.59 Å². The van der Waals surface area contributed by atoms with Gasteiger partial charge in [-0.1, -0.05) is 18.2 Å². The van der Waals surface area contributed by atoms with Crippen molar-refractivity contribution in [1.29, 1.82) is 0 Å². The average Bonchev–Trinajstić information content (AvgIpc) is 2.95. The summed E-state index contributed by atoms with van der Waals surface area (Å²) in [6, 6.07) is 9.86. The number of nitrogens with one attached hydrogen (secondary N) is 1. The molecular formula is C17H17N3O4. The Morgan fingerprint density at radius 1 is 1.33 bits per heavy atom. The van der Waals surface area contributed by atoms with E-state index in [1.54, 1.807) is 50.6 Å². The van der Waals surface area contributed by atoms with Crippen LogP contribution in [0.4, 0.5) is 0 Å². The number of fused-ring (bicyclic) bond motifs is 1. The molecule has 0 unspecified atom stereocenters. The van der Waals surface area contributed by atoms with Gasteiger partial charge in [-0.05, 0) is 24.6 Å². The van der Waals surface area contributed by atoms with E-state index >= 15 is 0 Å². The molecule has 3 aromatic rings. The molecule has 1 atom stereocenters. The minimum Gasteiger partial charge on any atom is -0.481 e. The van der Waals surface area contributed by atoms with Crippen molar-refractivity contribution >= 4 is 17.0 Å². The van der Waals surface area contributed by atoms with E-state index in [1.165, 1.54) is 4.57 Å². The molecule has 0 aliphatic heterocycles. The van der Waals surface area contributed by atoms with Crippen LogP contribution in [0.5, 0.6) is 5.88 Å². The minimum atomic E-state index is -0.688. The van der Waals surface area contributed by atoms with Gasteiger partial charge in [0.1, 0.15) is 6.04 Å². The third-order valence-corrected chi connectivity index (χ3v) is 3.76. The van der Waals surface area contributed by atoms with Crippen LogP contribution in [0.25, 0.3) is 11.1 Å². The molecule has 1 aromatic carbocycles. The Morgan fingerprint density at radius 2 is 2.12 bits per heavy atom. The summed E-state index contributed by atoms with van der Waals surface area (Å²) in [7, 11) is 1.54. The number of hydrogen-bond donors (Lipinski definition) is 1. The number of ether oxygens (including phenoxy) is 1. The molecular weight excluding hydrogens is 310 g/mol. The third kappa shape index (κ3) is 3.01. The largest absolute Gasteiger partial charge is 0.481 e. The lowest BCUT2D eigenvalue weighted by Crippen LogP contribution is -2.34. The number of methoxy groups -OCH3 is 1. The lowest BCUT2D eigenvalue weighted by Gasteiger charge is -2.13. The summed E-state index contributed by atoms with van der Waals surface area (Å²) < 4.78 is 11.5. The highest BCUT2D eigenvalue weighted by Gasteiger charge is 2.20. The lowest BCUT2D eigenvalue weighted by molar-refractivity contribution is -0.124. The van der Waals surface area contributed by atoms with E-state index in [1.807, 2.05) is 6.07 Å². The van der Waals surface area contributed by atoms with Gasteiger partial charge in [-0.25, -0.2) is 9.78 Å². The maximum atomic E-state index is 12.4. The van der Waals surface area contributed by atoms with Crippen molar-refractivity contribution in [2.24, 2.45) is 0 Å². The first-order valence-corrected chi connectivity index (χ1v) is 7.47. The van der Waals surface area contributed by atoms with Crippen molar-refractivity contribution in [3.8, 4) is 5.88 Å². The molecule has 2 aromatic heterocycles. The first kappa shape index (κ1) is 15.8. The number of amides is 1. The van der Waals surface area contributed by atoms with Crippen LogP contribution in [0.1, 0.15) is 18.5 Å². The molecule has 0 aliphatic carbocycles. The molecule has 1 amide bonds. The molecule has 0 saturated carbocycles. The van der Waals surface area contributed by atoms with Crippen LogP contribution in [0, 0.1) is 0 Å². The monoisotopic (exact) mass is 327 g/mol. The van der Waals surface area contributed by atoms with Crippen LogP contribution < -0.4 is 15.8 Å². The van der Waals surface area contributed by atoms with Crippen LogP contribution in [0.3, 0.4) is 0 Å². The Labute approximate surface area is 137 Å². The van der Waals surface area contributed by atoms with E-state index in [2.05, 4.69) is 10.3 Å². The van der Waals surface area contributed by atoms with Gasteiger partial charge < -0.3 is 14.5 Å². The van der Waals surface area contributed by atoms with E-state index in [-0.39, 0.29) is 5.91 Å². The number of nitrogens with zero attached hydrogens (tertiary/aromatic N) is 2. The van der Waals surface area contributed by atoms with Crippen molar-refractivity contribution in [3.05, 3.63) is 58.7 Å². The summed E-state index contributed by atoms with van der Waals surface area (Å²) in [5, 5.41) is 2.80. The fourth-order valence-corrected chi connectivity index (χ4v) is 2.44. The van der Waals surface area contributed by atoms with Gasteiger partial charge in [0.15, 0.2) is 5.58 Å². The van der Waals surface area contributed by atoms with Crippen molar-refractivity contribution < 1.29 is 13.9 Å². The summed E-state index contributed by atoms with van der Waals surface area (Å²) in [6.45, 7) is 1.97. The highest BCUT2D eigenvalue weighted by Crippen LogP contribution is 2.16. The van der Waals surface area contributed by atoms with Gasteiger partial charge in [-0.15, -0.1) is 0 Å². The number of aromatic nitrogens is 2. The SMILES string of the molecule is COc1ccc(CNC(=O)[C@@H](C)n2c(=O)oc3ccccc32)cn1. The molecule has 3 rings (SSSR count). The van der Waals surface area contributed by atoms with Crippen LogP contribution in [-0.4, -0.2) is 22.6 Å². The number of para-hydroxylation sites is 2. The predicted octanol–water partition coefficient (Wildman–Crippen LogP) is 1.88. The quantitative estimate of drug-likeness (QED) is 0.773. The zero-order valence-corrected chi connectivity index (χ0v) is 13.4. The molecule has 2 heterocycles. The molecule has 24 heavy (non-hydrogen) atoms. The van der Waals surface area contributed by atoms with Gasteiger partial charge in [-0.2, -0.15) is 0 Å². The van der Waals surface area contributed by atoms with Gasteiger partial charge in [0.25, 0.3) is 0 Å². The number of hydrogen-bond acceptors (Lipinski definition) is 5. The molecule has 7 nitrogen and oxygen atoms in total. The van der Waals surface area contributed by atoms with Gasteiger partial charge in [0.2, 0.25) is 11.8 Å². The van der Waals surface area contributed by atoms with E-state index in [0.717, 1.165) is 5.56 Å². The number of carbonyl (C=O) groups is 1. The van der Waals surface area contributed by atoms with Crippen LogP contribution in [0.15, 0.2) is 51.8 Å². The minimum absolute atomic E-state index is 0.278. The van der Waals surface area contributed by atoms with E-state index in [4.69, 9.17) is 9.15 Å². The van der Waals surface area contributed by atoms with Crippen molar-refractivity contribution in [1.82, 2.24) is 14.9 Å². The smallest absolute Gasteiger partial charge is 0.420 e. The van der Waals surface area contributed by atoms with E-state index < -0.39 is 11.8 Å². The van der Waals surface area contributed by atoms with Crippen molar-refractivity contribution in [2.75, 3.05) is 7.11 Å². The lowest BCUT2D eigenvalue weighted by atomic mass is 10.2. The average molecular weight is 327 g/mol. The molecule has 0 saturated heterocycles. The molecule has 0 bridgehead atoms. The fraction of sp³-hybridized carbons (Fsp3) is 0.235. The Hall–Kier alpha value is -3.09. The molecule has 0 fully saturated rings. The highest BCUT2D eigenvalue weighted by atomic mass is 16.5. The summed E-state index contributed by atoms with van der Waals surface area (Å²) in [4.78, 5) is 28.5. The van der Waals surface area contributed by atoms with Gasteiger partial charge in [0.05, 0.1) is 12.6 Å². The molecule has 0 aliphatic rings. The molecule has 1 N–H and O–H groups in total. The summed E-state index contributed by atoms with van der Waals surface area (Å²) in [5.74, 6) is -0.320. The first-order chi connectivity index (χ1) is 11.6. The maximum Gasteiger partial charge on any atom is 0.420 e. The second kappa shape index (κ2) is 6.57. The predicted molar refractivity (Wildman–Crippen MR) is 87.8 cm³/mol. The van der Waals surface area contributed by atoms with Gasteiger partial charge in [0, 0.05) is 18.8 Å². The van der Waals surface area contributed by atoms with E-state index in [0.29, 0.717) is 23.5 Å². The maximum absolute atomic E-state index is 12.4. The van der Waals surface area contributed by atoms with Crippen LogP contribution in [-0.2, 0) is 11.3 Å². The summed E-state index contributed by atoms with van der Waals surface area (Å²) in [6.07, 6.45) is 1.63. The zero-order chi connectivity index (χ0) is 17.1. The Bertz CT molecular complexity index is 911. The normalized spacial score (nSPS) is 12.1. The Balaban J connectivity index is 1.74. The van der Waals surface area contributed by atoms with Crippen LogP contribution in [0.2, 0.25) is 0 Å². The fourth-order valence-electron chi connectivity index (χ4n) is 2.44. The van der Waals surface area contributed by atoms with Gasteiger partial charge >= 0.3 is 5.76 Å². The first-order valence-electron chi connectivity index (χ1n) is 7.47. The number of carbonyl (C=O) groups excluding carboxylic acids is 1. The van der Waals surface area contributed by atoms with Crippen molar-refractivity contribution in [2.45, 2.75) is 19.5 Å².